The van der Waals surface area contributed by atoms with Gasteiger partial charge in [0.25, 0.3) is 0 Å². The molecule has 0 bridgehead atoms. The van der Waals surface area contributed by atoms with Gasteiger partial charge in [0.15, 0.2) is 0 Å². The Morgan fingerprint density at radius 1 is 1.22 bits per heavy atom. The molecule has 9 heavy (non-hydrogen) atoms. The predicted octanol–water partition coefficient (Wildman–Crippen LogP) is 1.37. The second kappa shape index (κ2) is 2.67. The Labute approximate surface area is 58.0 Å². The maximum Gasteiger partial charge on any atom is 0.0270 e. The largest absolute Gasteiger partial charge is 0.268 e. The molecule has 0 saturated carbocycles. The molecule has 0 fully saturated rings. The number of nitrogens with two attached hydrogens (primary N) is 1. The van der Waals surface area contributed by atoms with Crippen LogP contribution in [0.2, 0.25) is 0 Å². The highest BCUT2D eigenvalue weighted by atomic mass is 15.4. The molecule has 0 aliphatic rings. The lowest BCUT2D eigenvalue weighted by atomic mass is 10.1. The standard InChI is InChI=1S/C7H18N2/c1-6(2)9(8)7(3,4)5/h6H,8H2,1-5H3. The summed E-state index contributed by atoms with van der Waals surface area (Å²) in [6, 6.07) is 0.421. The van der Waals surface area contributed by atoms with Gasteiger partial charge in [-0.3, -0.25) is 5.84 Å². The second-order valence-corrected chi connectivity index (χ2v) is 3.67. The summed E-state index contributed by atoms with van der Waals surface area (Å²) in [7, 11) is 0. The van der Waals surface area contributed by atoms with Gasteiger partial charge in [0.05, 0.1) is 0 Å². The zero-order valence-corrected chi connectivity index (χ0v) is 7.10. The van der Waals surface area contributed by atoms with E-state index >= 15 is 0 Å². The van der Waals surface area contributed by atoms with Gasteiger partial charge in [-0.05, 0) is 34.6 Å². The van der Waals surface area contributed by atoms with Gasteiger partial charge in [0.2, 0.25) is 0 Å². The summed E-state index contributed by atoms with van der Waals surface area (Å²) in [6.07, 6.45) is 0. The summed E-state index contributed by atoms with van der Waals surface area (Å²) >= 11 is 0. The first-order valence-electron chi connectivity index (χ1n) is 3.39. The number of rotatable bonds is 1. The number of hydrogen-bond donors (Lipinski definition) is 1. The zero-order valence-electron chi connectivity index (χ0n) is 7.10. The first-order chi connectivity index (χ1) is 3.85. The van der Waals surface area contributed by atoms with Crippen LogP contribution in [0.25, 0.3) is 0 Å². The Bertz CT molecular complexity index is 81.4. The average molecular weight is 130 g/mol. The van der Waals surface area contributed by atoms with E-state index in [0.29, 0.717) is 6.04 Å². The van der Waals surface area contributed by atoms with Gasteiger partial charge in [-0.1, -0.05) is 0 Å². The third-order valence-electron chi connectivity index (χ3n) is 1.33. The second-order valence-electron chi connectivity index (χ2n) is 3.67. The van der Waals surface area contributed by atoms with Crippen molar-refractivity contribution in [2.75, 3.05) is 0 Å². The fourth-order valence-corrected chi connectivity index (χ4v) is 0.775. The van der Waals surface area contributed by atoms with Crippen LogP contribution in [0.3, 0.4) is 0 Å². The summed E-state index contributed by atoms with van der Waals surface area (Å²) < 4.78 is 0. The van der Waals surface area contributed by atoms with Crippen LogP contribution in [-0.2, 0) is 0 Å². The highest BCUT2D eigenvalue weighted by Crippen LogP contribution is 2.10. The minimum absolute atomic E-state index is 0.0914. The van der Waals surface area contributed by atoms with Crippen molar-refractivity contribution < 1.29 is 0 Å². The quantitative estimate of drug-likeness (QED) is 0.429. The van der Waals surface area contributed by atoms with Crippen molar-refractivity contribution in [3.05, 3.63) is 0 Å². The van der Waals surface area contributed by atoms with E-state index in [4.69, 9.17) is 5.84 Å². The van der Waals surface area contributed by atoms with Crippen molar-refractivity contribution in [3.63, 3.8) is 0 Å². The molecule has 0 aliphatic carbocycles. The summed E-state index contributed by atoms with van der Waals surface area (Å²) in [6.45, 7) is 10.5. The number of hydrazine groups is 1. The van der Waals surface area contributed by atoms with Crippen LogP contribution in [0.15, 0.2) is 0 Å². The molecule has 0 aromatic heterocycles. The van der Waals surface area contributed by atoms with E-state index in [1.54, 1.807) is 0 Å². The van der Waals surface area contributed by atoms with Crippen molar-refractivity contribution in [1.82, 2.24) is 5.01 Å². The van der Waals surface area contributed by atoms with Gasteiger partial charge in [0.1, 0.15) is 0 Å². The molecule has 0 aromatic rings. The molecule has 0 rings (SSSR count). The average Bonchev–Trinajstić information content (AvgIpc) is 1.62. The van der Waals surface area contributed by atoms with Gasteiger partial charge in [-0.25, -0.2) is 5.01 Å². The van der Waals surface area contributed by atoms with Gasteiger partial charge < -0.3 is 0 Å². The SMILES string of the molecule is CC(C)N(N)C(C)(C)C. The zero-order chi connectivity index (χ0) is 7.65. The fourth-order valence-electron chi connectivity index (χ4n) is 0.775. The molecule has 0 amide bonds. The minimum Gasteiger partial charge on any atom is -0.268 e. The molecular weight excluding hydrogens is 112 g/mol. The Morgan fingerprint density at radius 3 is 1.56 bits per heavy atom. The van der Waals surface area contributed by atoms with Crippen LogP contribution < -0.4 is 5.84 Å². The molecule has 2 nitrogen and oxygen atoms in total. The van der Waals surface area contributed by atoms with E-state index in [-0.39, 0.29) is 5.54 Å². The molecule has 0 heterocycles. The molecule has 0 atom stereocenters. The Hall–Kier alpha value is -0.0800. The lowest BCUT2D eigenvalue weighted by Gasteiger charge is -2.34. The van der Waals surface area contributed by atoms with Crippen LogP contribution in [0.4, 0.5) is 0 Å². The molecule has 0 aliphatic heterocycles. The number of nitrogens with zero attached hydrogens (tertiary/aromatic N) is 1. The van der Waals surface area contributed by atoms with E-state index in [1.165, 1.54) is 0 Å². The van der Waals surface area contributed by atoms with Crippen molar-refractivity contribution in [3.8, 4) is 0 Å². The fraction of sp³-hybridized carbons (Fsp3) is 1.00. The van der Waals surface area contributed by atoms with Crippen LogP contribution in [-0.4, -0.2) is 16.6 Å². The molecule has 0 radical (unpaired) electrons. The summed E-state index contributed by atoms with van der Waals surface area (Å²) in [5.41, 5.74) is 0.0914. The highest BCUT2D eigenvalue weighted by molar-refractivity contribution is 4.73. The third-order valence-corrected chi connectivity index (χ3v) is 1.33. The van der Waals surface area contributed by atoms with Crippen LogP contribution in [0.1, 0.15) is 34.6 Å². The van der Waals surface area contributed by atoms with E-state index in [2.05, 4.69) is 34.6 Å². The van der Waals surface area contributed by atoms with Crippen molar-refractivity contribution in [2.24, 2.45) is 5.84 Å². The molecule has 2 N–H and O–H groups in total. The lowest BCUT2D eigenvalue weighted by molar-refractivity contribution is 0.100. The Morgan fingerprint density at radius 2 is 1.56 bits per heavy atom. The van der Waals surface area contributed by atoms with E-state index in [1.807, 2.05) is 5.01 Å². The predicted molar refractivity (Wildman–Crippen MR) is 40.9 cm³/mol. The van der Waals surface area contributed by atoms with Gasteiger partial charge in [-0.2, -0.15) is 0 Å². The monoisotopic (exact) mass is 130 g/mol. The van der Waals surface area contributed by atoms with Crippen molar-refractivity contribution >= 4 is 0 Å². The van der Waals surface area contributed by atoms with E-state index in [9.17, 15) is 0 Å². The lowest BCUT2D eigenvalue weighted by Crippen LogP contribution is -2.50. The first-order valence-corrected chi connectivity index (χ1v) is 3.39. The molecular formula is C7H18N2. The normalized spacial score (nSPS) is 13.3. The highest BCUT2D eigenvalue weighted by Gasteiger charge is 2.19. The Balaban J connectivity index is 3.88. The third kappa shape index (κ3) is 2.82. The summed E-state index contributed by atoms with van der Waals surface area (Å²) in [4.78, 5) is 0. The Kier molecular flexibility index (Phi) is 2.65. The van der Waals surface area contributed by atoms with E-state index < -0.39 is 0 Å². The molecule has 0 saturated heterocycles. The van der Waals surface area contributed by atoms with Gasteiger partial charge >= 0.3 is 0 Å². The molecule has 56 valence electrons. The summed E-state index contributed by atoms with van der Waals surface area (Å²) in [5, 5.41) is 1.85. The minimum atomic E-state index is 0.0914. The summed E-state index contributed by atoms with van der Waals surface area (Å²) in [5.74, 6) is 5.73. The molecule has 0 aromatic carbocycles. The molecule has 2 heteroatoms. The maximum atomic E-state index is 5.73. The van der Waals surface area contributed by atoms with Gasteiger partial charge in [0, 0.05) is 11.6 Å². The van der Waals surface area contributed by atoms with Crippen LogP contribution >= 0.6 is 0 Å². The maximum absolute atomic E-state index is 5.73. The van der Waals surface area contributed by atoms with Crippen LogP contribution in [0.5, 0.6) is 0 Å². The van der Waals surface area contributed by atoms with Gasteiger partial charge in [-0.15, -0.1) is 0 Å². The first kappa shape index (κ1) is 8.92. The van der Waals surface area contributed by atoms with E-state index in [0.717, 1.165) is 0 Å². The molecule has 0 spiro atoms. The topological polar surface area (TPSA) is 29.3 Å². The van der Waals surface area contributed by atoms with Crippen molar-refractivity contribution in [1.29, 1.82) is 0 Å². The smallest absolute Gasteiger partial charge is 0.0270 e. The molecule has 0 unspecified atom stereocenters. The van der Waals surface area contributed by atoms with Crippen LogP contribution in [0, 0.1) is 0 Å². The number of hydrogen-bond acceptors (Lipinski definition) is 2. The van der Waals surface area contributed by atoms with Crippen molar-refractivity contribution in [2.45, 2.75) is 46.2 Å².